The molecule has 0 fully saturated rings. The number of amides is 1. The van der Waals surface area contributed by atoms with Gasteiger partial charge in [0.25, 0.3) is 5.91 Å². The Morgan fingerprint density at radius 1 is 1.04 bits per heavy atom. The molecule has 0 heterocycles. The van der Waals surface area contributed by atoms with Gasteiger partial charge in [0.2, 0.25) is 0 Å². The van der Waals surface area contributed by atoms with Crippen molar-refractivity contribution in [3.8, 4) is 5.75 Å². The van der Waals surface area contributed by atoms with E-state index < -0.39 is 0 Å². The van der Waals surface area contributed by atoms with Gasteiger partial charge >= 0.3 is 0 Å². The van der Waals surface area contributed by atoms with Crippen LogP contribution in [-0.4, -0.2) is 18.7 Å². The Labute approximate surface area is 147 Å². The first kappa shape index (κ1) is 16.7. The van der Waals surface area contributed by atoms with E-state index in [4.69, 9.17) is 4.74 Å². The summed E-state index contributed by atoms with van der Waals surface area (Å²) < 4.78 is 5.53. The molecular weight excluding hydrogens is 312 g/mol. The summed E-state index contributed by atoms with van der Waals surface area (Å²) in [5.74, 6) is 0.362. The number of carbonyl (C=O) groups excluding carboxylic acids is 1. The van der Waals surface area contributed by atoms with Crippen LogP contribution in [0, 0.1) is 13.8 Å². The smallest absolute Gasteiger partial charge is 0.277 e. The maximum Gasteiger partial charge on any atom is 0.277 e. The van der Waals surface area contributed by atoms with Crippen LogP contribution < -0.4 is 10.2 Å². The van der Waals surface area contributed by atoms with Crippen molar-refractivity contribution in [3.63, 3.8) is 0 Å². The minimum absolute atomic E-state index is 0.0808. The molecule has 0 aliphatic rings. The van der Waals surface area contributed by atoms with Gasteiger partial charge in [-0.1, -0.05) is 54.1 Å². The fraction of sp³-hybridized carbons (Fsp3) is 0.143. The van der Waals surface area contributed by atoms with Gasteiger partial charge in [-0.15, -0.1) is 0 Å². The molecule has 0 bridgehead atoms. The molecule has 3 rings (SSSR count). The van der Waals surface area contributed by atoms with Crippen LogP contribution in [0.1, 0.15) is 16.7 Å². The molecular formula is C21H20N2O2. The fourth-order valence-electron chi connectivity index (χ4n) is 2.58. The van der Waals surface area contributed by atoms with Gasteiger partial charge in [0.15, 0.2) is 6.61 Å². The third-order valence-corrected chi connectivity index (χ3v) is 3.91. The Hall–Kier alpha value is -3.14. The number of hydrogen-bond donors (Lipinski definition) is 1. The number of carbonyl (C=O) groups is 1. The summed E-state index contributed by atoms with van der Waals surface area (Å²) in [6.45, 7) is 3.97. The normalized spacial score (nSPS) is 11.0. The lowest BCUT2D eigenvalue weighted by molar-refractivity contribution is -0.123. The number of aryl methyl sites for hydroxylation is 2. The molecule has 4 heteroatoms. The van der Waals surface area contributed by atoms with Crippen LogP contribution in [0.15, 0.2) is 65.8 Å². The largest absolute Gasteiger partial charge is 0.484 e. The summed E-state index contributed by atoms with van der Waals surface area (Å²) in [6.07, 6.45) is 1.64. The second kappa shape index (κ2) is 7.62. The van der Waals surface area contributed by atoms with Crippen molar-refractivity contribution in [2.45, 2.75) is 13.8 Å². The summed E-state index contributed by atoms with van der Waals surface area (Å²) in [4.78, 5) is 11.9. The van der Waals surface area contributed by atoms with Gasteiger partial charge in [-0.3, -0.25) is 4.79 Å². The van der Waals surface area contributed by atoms with Gasteiger partial charge in [-0.2, -0.15) is 5.10 Å². The first-order chi connectivity index (χ1) is 12.1. The first-order valence-corrected chi connectivity index (χ1v) is 8.12. The summed E-state index contributed by atoms with van der Waals surface area (Å²) >= 11 is 0. The van der Waals surface area contributed by atoms with Crippen molar-refractivity contribution in [2.75, 3.05) is 6.61 Å². The lowest BCUT2D eigenvalue weighted by atomic mass is 10.1. The van der Waals surface area contributed by atoms with Gasteiger partial charge in [-0.25, -0.2) is 5.43 Å². The molecule has 0 saturated heterocycles. The van der Waals surface area contributed by atoms with Crippen LogP contribution in [0.25, 0.3) is 10.8 Å². The van der Waals surface area contributed by atoms with Crippen LogP contribution in [0.5, 0.6) is 5.75 Å². The van der Waals surface area contributed by atoms with Crippen LogP contribution in [0.2, 0.25) is 0 Å². The molecule has 3 aromatic rings. The van der Waals surface area contributed by atoms with E-state index in [1.165, 1.54) is 5.56 Å². The van der Waals surface area contributed by atoms with Gasteiger partial charge in [-0.05, 0) is 47.9 Å². The number of fused-ring (bicyclic) bond motifs is 1. The highest BCUT2D eigenvalue weighted by Gasteiger charge is 2.03. The van der Waals surface area contributed by atoms with E-state index in [1.807, 2.05) is 68.4 Å². The monoisotopic (exact) mass is 332 g/mol. The standard InChI is InChI=1S/C21H20N2O2/c1-15-7-8-19(16(2)11-15)13-22-23-21(24)14-25-20-10-9-17-5-3-4-6-18(17)12-20/h3-13H,14H2,1-2H3,(H,23,24). The Bertz CT molecular complexity index is 932. The maximum atomic E-state index is 11.9. The molecule has 0 aromatic heterocycles. The minimum atomic E-state index is -0.297. The van der Waals surface area contributed by atoms with Gasteiger partial charge in [0, 0.05) is 0 Å². The average molecular weight is 332 g/mol. The Kier molecular flexibility index (Phi) is 5.09. The number of ether oxygens (including phenoxy) is 1. The molecule has 0 atom stereocenters. The molecule has 25 heavy (non-hydrogen) atoms. The van der Waals surface area contributed by atoms with Crippen molar-refractivity contribution < 1.29 is 9.53 Å². The SMILES string of the molecule is Cc1ccc(C=NNC(=O)COc2ccc3ccccc3c2)c(C)c1. The zero-order valence-corrected chi connectivity index (χ0v) is 14.3. The average Bonchev–Trinajstić information content (AvgIpc) is 2.61. The summed E-state index contributed by atoms with van der Waals surface area (Å²) in [5.41, 5.74) is 5.77. The molecule has 0 aliphatic heterocycles. The topological polar surface area (TPSA) is 50.7 Å². The fourth-order valence-corrected chi connectivity index (χ4v) is 2.58. The number of hydrogen-bond acceptors (Lipinski definition) is 3. The Morgan fingerprint density at radius 3 is 2.64 bits per heavy atom. The quantitative estimate of drug-likeness (QED) is 0.567. The number of rotatable bonds is 5. The molecule has 4 nitrogen and oxygen atoms in total. The van der Waals surface area contributed by atoms with Gasteiger partial charge < -0.3 is 4.74 Å². The number of nitrogens with one attached hydrogen (secondary N) is 1. The predicted octanol–water partition coefficient (Wildman–Crippen LogP) is 3.99. The van der Waals surface area contributed by atoms with E-state index in [0.717, 1.165) is 21.9 Å². The third-order valence-electron chi connectivity index (χ3n) is 3.91. The molecule has 1 N–H and O–H groups in total. The second-order valence-corrected chi connectivity index (χ2v) is 5.95. The molecule has 0 unspecified atom stereocenters. The highest BCUT2D eigenvalue weighted by molar-refractivity contribution is 5.85. The summed E-state index contributed by atoms with van der Waals surface area (Å²) in [5, 5.41) is 6.20. The van der Waals surface area contributed by atoms with E-state index in [1.54, 1.807) is 6.21 Å². The van der Waals surface area contributed by atoms with E-state index >= 15 is 0 Å². The zero-order valence-electron chi connectivity index (χ0n) is 14.3. The highest BCUT2D eigenvalue weighted by atomic mass is 16.5. The summed E-state index contributed by atoms with van der Waals surface area (Å²) in [6, 6.07) is 19.8. The molecule has 0 radical (unpaired) electrons. The first-order valence-electron chi connectivity index (χ1n) is 8.12. The van der Waals surface area contributed by atoms with Gasteiger partial charge in [0.05, 0.1) is 6.21 Å². The molecule has 3 aromatic carbocycles. The van der Waals surface area contributed by atoms with Crippen molar-refractivity contribution >= 4 is 22.9 Å². The lowest BCUT2D eigenvalue weighted by Gasteiger charge is -2.06. The Morgan fingerprint density at radius 2 is 1.84 bits per heavy atom. The van der Waals surface area contributed by atoms with E-state index in [0.29, 0.717) is 5.75 Å². The van der Waals surface area contributed by atoms with E-state index in [9.17, 15) is 4.79 Å². The Balaban J connectivity index is 1.54. The zero-order chi connectivity index (χ0) is 17.6. The molecule has 0 saturated carbocycles. The highest BCUT2D eigenvalue weighted by Crippen LogP contribution is 2.20. The third kappa shape index (κ3) is 4.44. The van der Waals surface area contributed by atoms with E-state index in [2.05, 4.69) is 16.6 Å². The van der Waals surface area contributed by atoms with E-state index in [-0.39, 0.29) is 12.5 Å². The van der Waals surface area contributed by atoms with Crippen LogP contribution >= 0.6 is 0 Å². The second-order valence-electron chi connectivity index (χ2n) is 5.95. The summed E-state index contributed by atoms with van der Waals surface area (Å²) in [7, 11) is 0. The van der Waals surface area contributed by atoms with Crippen molar-refractivity contribution in [1.82, 2.24) is 5.43 Å². The van der Waals surface area contributed by atoms with Gasteiger partial charge in [0.1, 0.15) is 5.75 Å². The number of benzene rings is 3. The molecule has 0 aliphatic carbocycles. The van der Waals surface area contributed by atoms with Crippen molar-refractivity contribution in [1.29, 1.82) is 0 Å². The number of hydrazone groups is 1. The molecule has 0 spiro atoms. The minimum Gasteiger partial charge on any atom is -0.484 e. The number of nitrogens with zero attached hydrogens (tertiary/aromatic N) is 1. The van der Waals surface area contributed by atoms with Crippen LogP contribution in [0.4, 0.5) is 0 Å². The lowest BCUT2D eigenvalue weighted by Crippen LogP contribution is -2.24. The molecule has 126 valence electrons. The van der Waals surface area contributed by atoms with Crippen LogP contribution in [-0.2, 0) is 4.79 Å². The van der Waals surface area contributed by atoms with Crippen LogP contribution in [0.3, 0.4) is 0 Å². The van der Waals surface area contributed by atoms with Crippen molar-refractivity contribution in [3.05, 3.63) is 77.4 Å². The maximum absolute atomic E-state index is 11.9. The molecule has 1 amide bonds. The predicted molar refractivity (Wildman–Crippen MR) is 101 cm³/mol. The van der Waals surface area contributed by atoms with Crippen molar-refractivity contribution in [2.24, 2.45) is 5.10 Å².